The minimum atomic E-state index is -1.05. The van der Waals surface area contributed by atoms with Gasteiger partial charge >= 0.3 is 0 Å². The fourth-order valence-corrected chi connectivity index (χ4v) is 4.53. The number of ether oxygens (including phenoxy) is 1. The summed E-state index contributed by atoms with van der Waals surface area (Å²) in [7, 11) is -1.05. The highest BCUT2D eigenvalue weighted by molar-refractivity contribution is 7.82. The van der Waals surface area contributed by atoms with Crippen LogP contribution in [0.3, 0.4) is 0 Å². The Balaban J connectivity index is 1.56. The monoisotopic (exact) mass is 336 g/mol. The lowest BCUT2D eigenvalue weighted by Gasteiger charge is -2.25. The second-order valence-corrected chi connectivity index (χ2v) is 8.45. The largest absolute Gasteiger partial charge is 0.379 e. The Morgan fingerprint density at radius 2 is 1.87 bits per heavy atom. The molecule has 2 saturated heterocycles. The molecule has 23 heavy (non-hydrogen) atoms. The van der Waals surface area contributed by atoms with Gasteiger partial charge in [-0.15, -0.1) is 0 Å². The zero-order valence-electron chi connectivity index (χ0n) is 14.2. The first kappa shape index (κ1) is 17.1. The summed E-state index contributed by atoms with van der Waals surface area (Å²) < 4.78 is 19.9. The zero-order valence-corrected chi connectivity index (χ0v) is 15.1. The van der Waals surface area contributed by atoms with Crippen molar-refractivity contribution < 1.29 is 8.95 Å². The van der Waals surface area contributed by atoms with Crippen molar-refractivity contribution in [3.05, 3.63) is 29.8 Å². The molecule has 0 radical (unpaired) electrons. The first-order valence-electron chi connectivity index (χ1n) is 8.69. The van der Waals surface area contributed by atoms with E-state index in [4.69, 9.17) is 4.74 Å². The van der Waals surface area contributed by atoms with Crippen LogP contribution in [0.2, 0.25) is 0 Å². The molecule has 5 heteroatoms. The van der Waals surface area contributed by atoms with Gasteiger partial charge in [-0.05, 0) is 42.5 Å². The van der Waals surface area contributed by atoms with Crippen LogP contribution in [0, 0.1) is 11.8 Å². The molecule has 2 fully saturated rings. The molecule has 2 heterocycles. The summed E-state index contributed by atoms with van der Waals surface area (Å²) in [6.45, 7) is 10.9. The fourth-order valence-electron chi connectivity index (χ4n) is 3.38. The molecule has 0 saturated carbocycles. The average molecular weight is 337 g/mol. The van der Waals surface area contributed by atoms with E-state index < -0.39 is 11.0 Å². The van der Waals surface area contributed by atoms with E-state index in [-0.39, 0.29) is 0 Å². The lowest BCUT2D eigenvalue weighted by molar-refractivity contribution is 0.0752. The number of morpholine rings is 1. The second kappa shape index (κ2) is 7.88. The summed E-state index contributed by atoms with van der Waals surface area (Å²) in [4.78, 5) is 3.44. The Morgan fingerprint density at radius 1 is 1.17 bits per heavy atom. The Morgan fingerprint density at radius 3 is 2.48 bits per heavy atom. The Kier molecular flexibility index (Phi) is 5.85. The number of rotatable bonds is 5. The highest BCUT2D eigenvalue weighted by atomic mass is 32.2. The summed E-state index contributed by atoms with van der Waals surface area (Å²) in [5, 5.41) is 0. The normalized spacial score (nSPS) is 25.1. The Labute approximate surface area is 142 Å². The number of benzene rings is 1. The van der Waals surface area contributed by atoms with Crippen LogP contribution in [0.4, 0.5) is 0 Å². The van der Waals surface area contributed by atoms with Crippen molar-refractivity contribution in [3.63, 3.8) is 0 Å². The molecule has 1 aromatic carbocycles. The smallest absolute Gasteiger partial charge is 0.127 e. The minimum absolute atomic E-state index is 0.676. The van der Waals surface area contributed by atoms with E-state index in [0.29, 0.717) is 13.2 Å². The lowest BCUT2D eigenvalue weighted by atomic mass is 9.95. The maximum absolute atomic E-state index is 12.5. The molecule has 4 nitrogen and oxygen atoms in total. The van der Waals surface area contributed by atoms with E-state index in [1.165, 1.54) is 25.1 Å². The standard InChI is InChI=1S/C18H28N2O2S/c1-15(2)17-7-8-19(14-17)13-16-3-5-18(6-4-16)23(21)20-9-11-22-12-10-20/h3-6,15,17H,7-14H2,1-2H3. The van der Waals surface area contributed by atoms with Gasteiger partial charge in [-0.1, -0.05) is 26.0 Å². The third kappa shape index (κ3) is 4.41. The second-order valence-electron chi connectivity index (χ2n) is 6.96. The van der Waals surface area contributed by atoms with Crippen LogP contribution < -0.4 is 0 Å². The molecule has 0 aromatic heterocycles. The summed E-state index contributed by atoms with van der Waals surface area (Å²) >= 11 is 0. The van der Waals surface area contributed by atoms with Crippen LogP contribution in [0.5, 0.6) is 0 Å². The van der Waals surface area contributed by atoms with Crippen LogP contribution in [0.1, 0.15) is 25.8 Å². The first-order chi connectivity index (χ1) is 11.1. The number of likely N-dealkylation sites (tertiary alicyclic amines) is 1. The third-order valence-electron chi connectivity index (χ3n) is 4.99. The van der Waals surface area contributed by atoms with Crippen molar-refractivity contribution in [3.8, 4) is 0 Å². The Hall–Kier alpha value is -0.750. The van der Waals surface area contributed by atoms with E-state index in [0.717, 1.165) is 36.4 Å². The minimum Gasteiger partial charge on any atom is -0.379 e. The molecule has 0 spiro atoms. The summed E-state index contributed by atoms with van der Waals surface area (Å²) in [5.41, 5.74) is 1.32. The van der Waals surface area contributed by atoms with Crippen molar-refractivity contribution in [2.45, 2.75) is 31.7 Å². The summed E-state index contributed by atoms with van der Waals surface area (Å²) in [6, 6.07) is 8.32. The number of hydrogen-bond acceptors (Lipinski definition) is 3. The summed E-state index contributed by atoms with van der Waals surface area (Å²) in [6.07, 6.45) is 1.32. The van der Waals surface area contributed by atoms with Gasteiger partial charge in [0.2, 0.25) is 0 Å². The molecule has 0 N–H and O–H groups in total. The van der Waals surface area contributed by atoms with Gasteiger partial charge in [0.1, 0.15) is 11.0 Å². The van der Waals surface area contributed by atoms with Gasteiger partial charge in [0, 0.05) is 26.2 Å². The lowest BCUT2D eigenvalue weighted by Crippen LogP contribution is -2.37. The zero-order chi connectivity index (χ0) is 16.2. The van der Waals surface area contributed by atoms with E-state index in [1.807, 2.05) is 16.4 Å². The molecule has 2 aliphatic heterocycles. The molecule has 128 valence electrons. The maximum Gasteiger partial charge on any atom is 0.127 e. The fraction of sp³-hybridized carbons (Fsp3) is 0.667. The molecule has 2 unspecified atom stereocenters. The average Bonchev–Trinajstić information content (AvgIpc) is 3.04. The highest BCUT2D eigenvalue weighted by Gasteiger charge is 2.24. The van der Waals surface area contributed by atoms with Crippen LogP contribution in [-0.4, -0.2) is 52.8 Å². The molecule has 3 rings (SSSR count). The van der Waals surface area contributed by atoms with Gasteiger partial charge in [-0.3, -0.25) is 4.90 Å². The van der Waals surface area contributed by atoms with Gasteiger partial charge in [0.25, 0.3) is 0 Å². The quantitative estimate of drug-likeness (QED) is 0.828. The van der Waals surface area contributed by atoms with Gasteiger partial charge in [0.05, 0.1) is 18.1 Å². The Bertz CT molecular complexity index is 526. The molecule has 2 atom stereocenters. The van der Waals surface area contributed by atoms with Crippen molar-refractivity contribution in [1.82, 2.24) is 9.21 Å². The molecule has 1 aromatic rings. The molecule has 0 aliphatic carbocycles. The first-order valence-corrected chi connectivity index (χ1v) is 9.80. The number of hydrogen-bond donors (Lipinski definition) is 0. The van der Waals surface area contributed by atoms with E-state index in [9.17, 15) is 4.21 Å². The van der Waals surface area contributed by atoms with Gasteiger partial charge < -0.3 is 4.74 Å². The molecular weight excluding hydrogens is 308 g/mol. The van der Waals surface area contributed by atoms with Crippen LogP contribution in [-0.2, 0) is 22.3 Å². The van der Waals surface area contributed by atoms with Crippen LogP contribution in [0.25, 0.3) is 0 Å². The highest BCUT2D eigenvalue weighted by Crippen LogP contribution is 2.25. The molecule has 0 bridgehead atoms. The van der Waals surface area contributed by atoms with E-state index in [1.54, 1.807) is 0 Å². The predicted molar refractivity (Wildman–Crippen MR) is 93.5 cm³/mol. The maximum atomic E-state index is 12.5. The topological polar surface area (TPSA) is 32.8 Å². The third-order valence-corrected chi connectivity index (χ3v) is 6.50. The molecular formula is C18H28N2O2S. The van der Waals surface area contributed by atoms with Gasteiger partial charge in [-0.2, -0.15) is 0 Å². The van der Waals surface area contributed by atoms with E-state index >= 15 is 0 Å². The van der Waals surface area contributed by atoms with Crippen molar-refractivity contribution in [2.24, 2.45) is 11.8 Å². The molecule has 2 aliphatic rings. The van der Waals surface area contributed by atoms with Crippen molar-refractivity contribution in [2.75, 3.05) is 39.4 Å². The van der Waals surface area contributed by atoms with Crippen molar-refractivity contribution >= 4 is 11.0 Å². The number of nitrogens with zero attached hydrogens (tertiary/aromatic N) is 2. The SMILES string of the molecule is CC(C)C1CCN(Cc2ccc(S(=O)N3CCOCC3)cc2)C1. The van der Waals surface area contributed by atoms with Crippen LogP contribution in [0.15, 0.2) is 29.2 Å². The molecule has 0 amide bonds. The van der Waals surface area contributed by atoms with E-state index in [2.05, 4.69) is 30.9 Å². The predicted octanol–water partition coefficient (Wildman–Crippen LogP) is 2.52. The summed E-state index contributed by atoms with van der Waals surface area (Å²) in [5.74, 6) is 1.61. The van der Waals surface area contributed by atoms with Crippen LogP contribution >= 0.6 is 0 Å². The van der Waals surface area contributed by atoms with Gasteiger partial charge in [0.15, 0.2) is 0 Å². The van der Waals surface area contributed by atoms with Crippen molar-refractivity contribution in [1.29, 1.82) is 0 Å². The van der Waals surface area contributed by atoms with Gasteiger partial charge in [-0.25, -0.2) is 8.51 Å².